The molecule has 102 valence electrons. The molecular weight excluding hydrogens is 250 g/mol. The van der Waals surface area contributed by atoms with E-state index in [-0.39, 0.29) is 24.4 Å². The number of carbonyl (C=O) groups excluding carboxylic acids is 1. The fourth-order valence-electron chi connectivity index (χ4n) is 1.37. The zero-order chi connectivity index (χ0) is 12.8. The molecule has 0 bridgehead atoms. The molecule has 0 aromatic heterocycles. The molecule has 0 fully saturated rings. The maximum atomic E-state index is 11.7. The average molecular weight is 272 g/mol. The van der Waals surface area contributed by atoms with Gasteiger partial charge in [-0.3, -0.25) is 15.2 Å². The number of halogens is 1. The van der Waals surface area contributed by atoms with Gasteiger partial charge in [-0.1, -0.05) is 12.1 Å². The number of amides is 1. The monoisotopic (exact) mass is 271 g/mol. The molecule has 0 radical (unpaired) electrons. The molecule has 0 heterocycles. The molecule has 0 aliphatic rings. The highest BCUT2D eigenvalue weighted by Crippen LogP contribution is 2.04. The van der Waals surface area contributed by atoms with Crippen molar-refractivity contribution in [3.63, 3.8) is 0 Å². The molecule has 18 heavy (non-hydrogen) atoms. The maximum Gasteiger partial charge on any atom is 0.251 e. The van der Waals surface area contributed by atoms with Crippen LogP contribution in [0.3, 0.4) is 0 Å². The minimum absolute atomic E-state index is 0. The van der Waals surface area contributed by atoms with E-state index in [2.05, 4.69) is 10.7 Å². The lowest BCUT2D eigenvalue weighted by Crippen LogP contribution is -2.30. The number of hydrogen-bond acceptors (Lipinski definition) is 3. The van der Waals surface area contributed by atoms with Crippen molar-refractivity contribution in [3.8, 4) is 0 Å². The molecule has 1 aromatic carbocycles. The van der Waals surface area contributed by atoms with Gasteiger partial charge in [0.1, 0.15) is 0 Å². The van der Waals surface area contributed by atoms with Gasteiger partial charge < -0.3 is 5.32 Å². The van der Waals surface area contributed by atoms with Gasteiger partial charge >= 0.3 is 0 Å². The van der Waals surface area contributed by atoms with Gasteiger partial charge in [-0.2, -0.15) is 0 Å². The Kier molecular flexibility index (Phi) is 7.59. The Bertz CT molecular complexity index is 363. The number of carbonyl (C=O) groups is 1. The first-order valence-electron chi connectivity index (χ1n) is 5.79. The predicted octanol–water partition coefficient (Wildman–Crippen LogP) is 1.81. The first-order valence-corrected chi connectivity index (χ1v) is 5.79. The second-order valence-electron chi connectivity index (χ2n) is 4.55. The molecule has 0 spiro atoms. The standard InChI is InChI=1S/C13H21N3O.ClH/c1-10(2)15-13(17)12-7-5-11(6-8-12)9-14-16(3)4;/h5-8,10,14H,9H2,1-4H3,(H,15,17);1H. The summed E-state index contributed by atoms with van der Waals surface area (Å²) in [4.78, 5) is 11.7. The molecule has 0 aliphatic carbocycles. The van der Waals surface area contributed by atoms with Crippen molar-refractivity contribution in [1.29, 1.82) is 0 Å². The number of hydrazine groups is 1. The van der Waals surface area contributed by atoms with E-state index < -0.39 is 0 Å². The number of hydrogen-bond donors (Lipinski definition) is 2. The molecule has 0 aliphatic heterocycles. The summed E-state index contributed by atoms with van der Waals surface area (Å²) >= 11 is 0. The van der Waals surface area contributed by atoms with Crippen LogP contribution in [-0.2, 0) is 6.54 Å². The van der Waals surface area contributed by atoms with Crippen LogP contribution >= 0.6 is 12.4 Å². The third kappa shape index (κ3) is 6.00. The number of benzene rings is 1. The molecule has 1 aromatic rings. The van der Waals surface area contributed by atoms with Crippen LogP contribution in [0.1, 0.15) is 29.8 Å². The average Bonchev–Trinajstić information content (AvgIpc) is 2.26. The van der Waals surface area contributed by atoms with Crippen molar-refractivity contribution < 1.29 is 4.79 Å². The fourth-order valence-corrected chi connectivity index (χ4v) is 1.37. The fraction of sp³-hybridized carbons (Fsp3) is 0.462. The summed E-state index contributed by atoms with van der Waals surface area (Å²) in [7, 11) is 3.90. The summed E-state index contributed by atoms with van der Waals surface area (Å²) in [6.07, 6.45) is 0. The summed E-state index contributed by atoms with van der Waals surface area (Å²) in [5, 5.41) is 4.77. The van der Waals surface area contributed by atoms with Gasteiger partial charge in [-0.05, 0) is 31.5 Å². The Labute approximate surface area is 115 Å². The quantitative estimate of drug-likeness (QED) is 0.803. The van der Waals surface area contributed by atoms with Crippen LogP contribution in [0.5, 0.6) is 0 Å². The Morgan fingerprint density at radius 3 is 2.22 bits per heavy atom. The van der Waals surface area contributed by atoms with Crippen molar-refractivity contribution in [3.05, 3.63) is 35.4 Å². The van der Waals surface area contributed by atoms with Crippen LogP contribution in [0.15, 0.2) is 24.3 Å². The van der Waals surface area contributed by atoms with Crippen molar-refractivity contribution in [2.75, 3.05) is 14.1 Å². The van der Waals surface area contributed by atoms with E-state index in [1.807, 2.05) is 57.2 Å². The van der Waals surface area contributed by atoms with Gasteiger partial charge in [0, 0.05) is 32.2 Å². The smallest absolute Gasteiger partial charge is 0.251 e. The Hall–Kier alpha value is -1.10. The van der Waals surface area contributed by atoms with Gasteiger partial charge in [0.25, 0.3) is 5.91 Å². The van der Waals surface area contributed by atoms with Gasteiger partial charge in [-0.25, -0.2) is 0 Å². The van der Waals surface area contributed by atoms with Crippen molar-refractivity contribution in [2.24, 2.45) is 0 Å². The lowest BCUT2D eigenvalue weighted by atomic mass is 10.1. The van der Waals surface area contributed by atoms with Crippen molar-refractivity contribution >= 4 is 18.3 Å². The van der Waals surface area contributed by atoms with E-state index >= 15 is 0 Å². The zero-order valence-electron chi connectivity index (χ0n) is 11.4. The molecule has 0 atom stereocenters. The molecule has 4 nitrogen and oxygen atoms in total. The van der Waals surface area contributed by atoms with Crippen LogP contribution in [-0.4, -0.2) is 31.1 Å². The van der Waals surface area contributed by atoms with Crippen LogP contribution in [0, 0.1) is 0 Å². The predicted molar refractivity (Wildman–Crippen MR) is 76.8 cm³/mol. The lowest BCUT2D eigenvalue weighted by Gasteiger charge is -2.12. The highest BCUT2D eigenvalue weighted by Gasteiger charge is 2.06. The van der Waals surface area contributed by atoms with E-state index in [1.165, 1.54) is 0 Å². The van der Waals surface area contributed by atoms with Gasteiger partial charge in [0.15, 0.2) is 0 Å². The minimum Gasteiger partial charge on any atom is -0.350 e. The normalized spacial score (nSPS) is 10.3. The Balaban J connectivity index is 0.00000289. The second-order valence-corrected chi connectivity index (χ2v) is 4.55. The SMILES string of the molecule is CC(C)NC(=O)c1ccc(CNN(C)C)cc1.Cl. The maximum absolute atomic E-state index is 11.7. The van der Waals surface area contributed by atoms with E-state index in [1.54, 1.807) is 0 Å². The van der Waals surface area contributed by atoms with Gasteiger partial charge in [0.05, 0.1) is 0 Å². The summed E-state index contributed by atoms with van der Waals surface area (Å²) in [5.74, 6) is -0.0212. The first kappa shape index (κ1) is 16.9. The Morgan fingerprint density at radius 2 is 1.78 bits per heavy atom. The number of rotatable bonds is 5. The van der Waals surface area contributed by atoms with Crippen LogP contribution < -0.4 is 10.7 Å². The van der Waals surface area contributed by atoms with Crippen LogP contribution in [0.2, 0.25) is 0 Å². The van der Waals surface area contributed by atoms with Gasteiger partial charge in [-0.15, -0.1) is 12.4 Å². The molecule has 0 saturated carbocycles. The Morgan fingerprint density at radius 1 is 1.22 bits per heavy atom. The van der Waals surface area contributed by atoms with Crippen molar-refractivity contribution in [1.82, 2.24) is 15.8 Å². The second kappa shape index (κ2) is 8.08. The minimum atomic E-state index is -0.0212. The van der Waals surface area contributed by atoms with E-state index in [4.69, 9.17) is 0 Å². The van der Waals surface area contributed by atoms with E-state index in [9.17, 15) is 4.79 Å². The highest BCUT2D eigenvalue weighted by atomic mass is 35.5. The largest absolute Gasteiger partial charge is 0.350 e. The number of nitrogens with zero attached hydrogens (tertiary/aromatic N) is 1. The first-order chi connectivity index (χ1) is 7.99. The molecule has 1 amide bonds. The summed E-state index contributed by atoms with van der Waals surface area (Å²) in [5.41, 5.74) is 5.03. The van der Waals surface area contributed by atoms with Gasteiger partial charge in [0.2, 0.25) is 0 Å². The lowest BCUT2D eigenvalue weighted by molar-refractivity contribution is 0.0943. The van der Waals surface area contributed by atoms with Crippen LogP contribution in [0.25, 0.3) is 0 Å². The summed E-state index contributed by atoms with van der Waals surface area (Å²) < 4.78 is 0. The topological polar surface area (TPSA) is 44.4 Å². The van der Waals surface area contributed by atoms with Crippen molar-refractivity contribution in [2.45, 2.75) is 26.4 Å². The van der Waals surface area contributed by atoms with E-state index in [0.717, 1.165) is 12.1 Å². The molecule has 1 rings (SSSR count). The molecule has 2 N–H and O–H groups in total. The molecule has 0 unspecified atom stereocenters. The van der Waals surface area contributed by atoms with E-state index in [0.29, 0.717) is 5.56 Å². The molecule has 0 saturated heterocycles. The summed E-state index contributed by atoms with van der Waals surface area (Å²) in [6.45, 7) is 4.67. The highest BCUT2D eigenvalue weighted by molar-refractivity contribution is 5.94. The summed E-state index contributed by atoms with van der Waals surface area (Å²) in [6, 6.07) is 7.80. The third-order valence-electron chi connectivity index (χ3n) is 2.24. The molecular formula is C13H22ClN3O. The third-order valence-corrected chi connectivity index (χ3v) is 2.24. The zero-order valence-corrected chi connectivity index (χ0v) is 12.2. The number of nitrogens with one attached hydrogen (secondary N) is 2. The molecule has 5 heteroatoms. The van der Waals surface area contributed by atoms with Crippen LogP contribution in [0.4, 0.5) is 0 Å².